The first-order valence-electron chi connectivity index (χ1n) is 7.91. The fraction of sp³-hybridized carbons (Fsp3) is 0.222. The summed E-state index contributed by atoms with van der Waals surface area (Å²) in [5.74, 6) is -0.490. The molecule has 0 atom stereocenters. The van der Waals surface area contributed by atoms with Gasteiger partial charge in [-0.25, -0.2) is 4.39 Å². The summed E-state index contributed by atoms with van der Waals surface area (Å²) in [7, 11) is 1.58. The quantitative estimate of drug-likeness (QED) is 0.587. The third kappa shape index (κ3) is 4.87. The number of fused-ring (bicyclic) bond motifs is 1. The van der Waals surface area contributed by atoms with Crippen molar-refractivity contribution >= 4 is 50.7 Å². The van der Waals surface area contributed by atoms with Crippen molar-refractivity contribution in [3.05, 3.63) is 57.1 Å². The number of ether oxygens (including phenoxy) is 2. The summed E-state index contributed by atoms with van der Waals surface area (Å²) in [6.07, 6.45) is 0. The number of carbonyl (C=O) groups excluding carboxylic acids is 1. The molecule has 27 heavy (non-hydrogen) atoms. The maximum Gasteiger partial charge on any atom is 0.286 e. The molecule has 1 amide bonds. The van der Waals surface area contributed by atoms with Gasteiger partial charge in [-0.2, -0.15) is 4.99 Å². The van der Waals surface area contributed by atoms with E-state index >= 15 is 0 Å². The molecule has 3 rings (SSSR count). The molecule has 2 aromatic carbocycles. The van der Waals surface area contributed by atoms with E-state index in [-0.39, 0.29) is 12.4 Å². The second kappa shape index (κ2) is 8.84. The van der Waals surface area contributed by atoms with E-state index in [2.05, 4.69) is 4.99 Å². The number of methoxy groups -OCH3 is 1. The predicted molar refractivity (Wildman–Crippen MR) is 104 cm³/mol. The van der Waals surface area contributed by atoms with E-state index in [1.165, 1.54) is 29.5 Å². The molecule has 0 aliphatic rings. The first-order valence-corrected chi connectivity index (χ1v) is 9.48. The van der Waals surface area contributed by atoms with Gasteiger partial charge in [0.15, 0.2) is 11.4 Å². The highest BCUT2D eigenvalue weighted by atomic mass is 35.5. The number of benzene rings is 2. The van der Waals surface area contributed by atoms with Crippen LogP contribution in [0.4, 0.5) is 4.39 Å². The van der Waals surface area contributed by atoms with Crippen LogP contribution in [0.1, 0.15) is 0 Å². The van der Waals surface area contributed by atoms with Crippen LogP contribution in [0.5, 0.6) is 5.75 Å². The Morgan fingerprint density at radius 1 is 1.26 bits per heavy atom. The van der Waals surface area contributed by atoms with Crippen LogP contribution in [-0.2, 0) is 16.1 Å². The van der Waals surface area contributed by atoms with Crippen LogP contribution in [0.15, 0.2) is 41.4 Å². The molecule has 1 heterocycles. The molecule has 5 nitrogen and oxygen atoms in total. The lowest BCUT2D eigenvalue weighted by molar-refractivity contribution is -0.120. The second-order valence-corrected chi connectivity index (χ2v) is 7.36. The second-order valence-electron chi connectivity index (χ2n) is 5.51. The minimum Gasteiger partial charge on any atom is -0.482 e. The molecule has 3 aromatic rings. The van der Waals surface area contributed by atoms with Crippen molar-refractivity contribution in [2.75, 3.05) is 20.3 Å². The molecule has 0 aliphatic carbocycles. The molecule has 142 valence electrons. The van der Waals surface area contributed by atoms with Gasteiger partial charge < -0.3 is 14.0 Å². The summed E-state index contributed by atoms with van der Waals surface area (Å²) in [6.45, 7) is 0.633. The normalized spacial score (nSPS) is 11.9. The van der Waals surface area contributed by atoms with Crippen molar-refractivity contribution in [2.24, 2.45) is 4.99 Å². The van der Waals surface area contributed by atoms with E-state index in [4.69, 9.17) is 32.7 Å². The van der Waals surface area contributed by atoms with Gasteiger partial charge in [-0.05, 0) is 36.4 Å². The smallest absolute Gasteiger partial charge is 0.286 e. The van der Waals surface area contributed by atoms with E-state index in [9.17, 15) is 9.18 Å². The van der Waals surface area contributed by atoms with Crippen LogP contribution in [0.25, 0.3) is 10.2 Å². The number of carbonyl (C=O) groups is 1. The van der Waals surface area contributed by atoms with E-state index < -0.39 is 5.91 Å². The van der Waals surface area contributed by atoms with Gasteiger partial charge in [-0.15, -0.1) is 0 Å². The fourth-order valence-electron chi connectivity index (χ4n) is 2.40. The molecule has 0 saturated carbocycles. The van der Waals surface area contributed by atoms with Gasteiger partial charge in [0.25, 0.3) is 5.91 Å². The minimum atomic E-state index is -0.487. The Kier molecular flexibility index (Phi) is 6.49. The highest BCUT2D eigenvalue weighted by Crippen LogP contribution is 2.27. The molecule has 0 fully saturated rings. The van der Waals surface area contributed by atoms with Gasteiger partial charge in [0.05, 0.1) is 21.8 Å². The molecule has 0 bridgehead atoms. The zero-order valence-electron chi connectivity index (χ0n) is 14.2. The van der Waals surface area contributed by atoms with Crippen LogP contribution in [0.2, 0.25) is 10.0 Å². The third-order valence-electron chi connectivity index (χ3n) is 3.63. The molecular formula is C18H15Cl2FN2O3S. The minimum absolute atomic E-state index is 0.283. The molecule has 0 aliphatic heterocycles. The third-order valence-corrected chi connectivity index (χ3v) is 5.20. The van der Waals surface area contributed by atoms with Crippen LogP contribution in [0, 0.1) is 5.82 Å². The molecule has 0 radical (unpaired) electrons. The Morgan fingerprint density at radius 2 is 2.07 bits per heavy atom. The number of rotatable bonds is 6. The number of aromatic nitrogens is 1. The van der Waals surface area contributed by atoms with Crippen molar-refractivity contribution in [3.63, 3.8) is 0 Å². The lowest BCUT2D eigenvalue weighted by Gasteiger charge is -2.06. The van der Waals surface area contributed by atoms with Crippen molar-refractivity contribution in [1.29, 1.82) is 0 Å². The average molecular weight is 429 g/mol. The van der Waals surface area contributed by atoms with Crippen LogP contribution in [0.3, 0.4) is 0 Å². The van der Waals surface area contributed by atoms with Crippen molar-refractivity contribution < 1.29 is 18.7 Å². The van der Waals surface area contributed by atoms with E-state index in [0.29, 0.717) is 38.4 Å². The first-order chi connectivity index (χ1) is 13.0. The maximum atomic E-state index is 13.5. The van der Waals surface area contributed by atoms with Gasteiger partial charge in [0, 0.05) is 18.7 Å². The molecule has 0 spiro atoms. The Labute approximate surface area is 168 Å². The molecular weight excluding hydrogens is 414 g/mol. The van der Waals surface area contributed by atoms with E-state index in [1.807, 2.05) is 4.57 Å². The molecule has 9 heteroatoms. The van der Waals surface area contributed by atoms with Gasteiger partial charge in [-0.3, -0.25) is 4.79 Å². The van der Waals surface area contributed by atoms with Crippen LogP contribution >= 0.6 is 34.5 Å². The Balaban J connectivity index is 1.86. The number of amides is 1. The van der Waals surface area contributed by atoms with Gasteiger partial charge >= 0.3 is 0 Å². The van der Waals surface area contributed by atoms with Gasteiger partial charge in [0.2, 0.25) is 0 Å². The zero-order chi connectivity index (χ0) is 19.4. The lowest BCUT2D eigenvalue weighted by atomic mass is 10.3. The average Bonchev–Trinajstić information content (AvgIpc) is 2.95. The number of halogens is 3. The predicted octanol–water partition coefficient (Wildman–Crippen LogP) is 4.30. The SMILES string of the molecule is COCCn1c(=NC(=O)COc2ccc(Cl)cc2Cl)sc2cc(F)ccc21. The topological polar surface area (TPSA) is 52.8 Å². The number of hydrogen-bond donors (Lipinski definition) is 0. The van der Waals surface area contributed by atoms with E-state index in [1.54, 1.807) is 25.3 Å². The summed E-state index contributed by atoms with van der Waals surface area (Å²) in [6, 6.07) is 9.17. The fourth-order valence-corrected chi connectivity index (χ4v) is 3.96. The number of thiazole rings is 1. The van der Waals surface area contributed by atoms with Crippen LogP contribution in [-0.4, -0.2) is 30.8 Å². The molecule has 0 saturated heterocycles. The van der Waals surface area contributed by atoms with E-state index in [0.717, 1.165) is 5.52 Å². The zero-order valence-corrected chi connectivity index (χ0v) is 16.6. The molecule has 1 aromatic heterocycles. The van der Waals surface area contributed by atoms with Crippen LogP contribution < -0.4 is 9.54 Å². The van der Waals surface area contributed by atoms with Crippen molar-refractivity contribution in [1.82, 2.24) is 4.57 Å². The summed E-state index contributed by atoms with van der Waals surface area (Å²) in [5, 5.41) is 0.780. The largest absolute Gasteiger partial charge is 0.482 e. The number of nitrogens with zero attached hydrogens (tertiary/aromatic N) is 2. The maximum absolute atomic E-state index is 13.5. The molecule has 0 N–H and O–H groups in total. The van der Waals surface area contributed by atoms with Crippen molar-refractivity contribution in [3.8, 4) is 5.75 Å². The highest BCUT2D eigenvalue weighted by Gasteiger charge is 2.10. The standard InChI is InChI=1S/C18H15Cl2FN2O3S/c1-25-7-6-23-14-4-3-12(21)9-16(14)27-18(23)22-17(24)10-26-15-5-2-11(19)8-13(15)20/h2-5,8-9H,6-7,10H2,1H3. The summed E-state index contributed by atoms with van der Waals surface area (Å²) in [4.78, 5) is 16.8. The summed E-state index contributed by atoms with van der Waals surface area (Å²) < 4.78 is 26.5. The first kappa shape index (κ1) is 19.8. The summed E-state index contributed by atoms with van der Waals surface area (Å²) >= 11 is 13.1. The van der Waals surface area contributed by atoms with Gasteiger partial charge in [0.1, 0.15) is 11.6 Å². The monoisotopic (exact) mass is 428 g/mol. The summed E-state index contributed by atoms with van der Waals surface area (Å²) in [5.41, 5.74) is 0.784. The Morgan fingerprint density at radius 3 is 2.81 bits per heavy atom. The lowest BCUT2D eigenvalue weighted by Crippen LogP contribution is -2.21. The molecule has 0 unspecified atom stereocenters. The Bertz CT molecular complexity index is 1050. The highest BCUT2D eigenvalue weighted by molar-refractivity contribution is 7.16. The number of hydrogen-bond acceptors (Lipinski definition) is 4. The Hall–Kier alpha value is -1.93. The van der Waals surface area contributed by atoms with Crippen molar-refractivity contribution in [2.45, 2.75) is 6.54 Å². The van der Waals surface area contributed by atoms with Gasteiger partial charge in [-0.1, -0.05) is 34.5 Å².